The summed E-state index contributed by atoms with van der Waals surface area (Å²) < 4.78 is 38.4. The number of alkyl halides is 4. The van der Waals surface area contributed by atoms with Gasteiger partial charge >= 0.3 is 6.18 Å². The van der Waals surface area contributed by atoms with Crippen LogP contribution in [0, 0.1) is 0 Å². The van der Waals surface area contributed by atoms with Crippen LogP contribution in [0.2, 0.25) is 0 Å². The van der Waals surface area contributed by atoms with Crippen LogP contribution in [0.1, 0.15) is 41.6 Å². The van der Waals surface area contributed by atoms with E-state index < -0.39 is 17.6 Å². The third kappa shape index (κ3) is 4.45. The Morgan fingerprint density at radius 2 is 1.81 bits per heavy atom. The molecule has 7 heteroatoms. The second-order valence-corrected chi connectivity index (χ2v) is 7.26. The van der Waals surface area contributed by atoms with Gasteiger partial charge in [-0.15, -0.1) is 0 Å². The topological polar surface area (TPSA) is 29.1 Å². The molecule has 0 atom stereocenters. The number of amides is 1. The minimum atomic E-state index is -4.48. The molecule has 1 aliphatic rings. The van der Waals surface area contributed by atoms with Gasteiger partial charge in [0.05, 0.1) is 5.56 Å². The molecule has 1 saturated carbocycles. The van der Waals surface area contributed by atoms with E-state index in [0.29, 0.717) is 4.83 Å². The third-order valence-corrected chi connectivity index (χ3v) is 5.13. The highest BCUT2D eigenvalue weighted by molar-refractivity contribution is 9.10. The first-order valence-corrected chi connectivity index (χ1v) is 8.30. The number of benzene rings is 1. The zero-order valence-corrected chi connectivity index (χ0v) is 14.2. The summed E-state index contributed by atoms with van der Waals surface area (Å²) in [7, 11) is 0. The van der Waals surface area contributed by atoms with Crippen molar-refractivity contribution in [2.45, 2.75) is 42.7 Å². The molecule has 21 heavy (non-hydrogen) atoms. The number of hydrogen-bond donors (Lipinski definition) is 1. The maximum absolute atomic E-state index is 12.8. The van der Waals surface area contributed by atoms with Crippen molar-refractivity contribution in [2.75, 3.05) is 0 Å². The van der Waals surface area contributed by atoms with Crippen LogP contribution in [0.15, 0.2) is 22.7 Å². The van der Waals surface area contributed by atoms with Crippen molar-refractivity contribution < 1.29 is 18.0 Å². The number of nitrogens with one attached hydrogen (secondary N) is 1. The molecule has 0 unspecified atom stereocenters. The van der Waals surface area contributed by atoms with E-state index >= 15 is 0 Å². The fraction of sp³-hybridized carbons (Fsp3) is 0.500. The number of carbonyl (C=O) groups excluding carboxylic acids is 1. The van der Waals surface area contributed by atoms with Crippen LogP contribution in [0.4, 0.5) is 13.2 Å². The number of halogens is 5. The Labute approximate surface area is 137 Å². The second kappa shape index (κ2) is 6.69. The van der Waals surface area contributed by atoms with Gasteiger partial charge in [0, 0.05) is 20.9 Å². The van der Waals surface area contributed by atoms with Crippen LogP contribution >= 0.6 is 31.9 Å². The van der Waals surface area contributed by atoms with Gasteiger partial charge in [-0.05, 0) is 43.9 Å². The van der Waals surface area contributed by atoms with Crippen LogP contribution < -0.4 is 5.32 Å². The minimum Gasteiger partial charge on any atom is -0.349 e. The van der Waals surface area contributed by atoms with Crippen molar-refractivity contribution in [3.63, 3.8) is 0 Å². The molecule has 116 valence electrons. The van der Waals surface area contributed by atoms with Crippen LogP contribution in [0.5, 0.6) is 0 Å². The van der Waals surface area contributed by atoms with E-state index in [-0.39, 0.29) is 16.1 Å². The average molecular weight is 429 g/mol. The molecule has 0 spiro atoms. The lowest BCUT2D eigenvalue weighted by Crippen LogP contribution is -2.37. The summed E-state index contributed by atoms with van der Waals surface area (Å²) in [4.78, 5) is 12.5. The van der Waals surface area contributed by atoms with Crippen molar-refractivity contribution in [1.82, 2.24) is 5.32 Å². The first-order chi connectivity index (χ1) is 9.77. The molecule has 0 aliphatic heterocycles. The summed E-state index contributed by atoms with van der Waals surface area (Å²) >= 11 is 6.39. The lowest BCUT2D eigenvalue weighted by molar-refractivity contribution is -0.138. The Kier molecular flexibility index (Phi) is 5.35. The first-order valence-electron chi connectivity index (χ1n) is 6.59. The predicted molar refractivity (Wildman–Crippen MR) is 81.6 cm³/mol. The molecule has 0 aromatic heterocycles. The standard InChI is InChI=1S/C14H14Br2F3NO/c15-9-2-4-10(5-3-9)20-13(21)8-1-6-12(16)11(7-8)14(17,18)19/h1,6-7,9-10H,2-5H2,(H,20,21). The van der Waals surface area contributed by atoms with Crippen molar-refractivity contribution >= 4 is 37.8 Å². The Morgan fingerprint density at radius 3 is 2.38 bits per heavy atom. The van der Waals surface area contributed by atoms with Gasteiger partial charge in [-0.2, -0.15) is 13.2 Å². The highest BCUT2D eigenvalue weighted by Gasteiger charge is 2.33. The zero-order valence-electron chi connectivity index (χ0n) is 11.0. The molecule has 2 rings (SSSR count). The van der Waals surface area contributed by atoms with E-state index in [1.165, 1.54) is 12.1 Å². The summed E-state index contributed by atoms with van der Waals surface area (Å²) in [6.45, 7) is 0. The van der Waals surface area contributed by atoms with Crippen LogP contribution in [0.25, 0.3) is 0 Å². The van der Waals surface area contributed by atoms with Crippen molar-refractivity contribution in [3.8, 4) is 0 Å². The van der Waals surface area contributed by atoms with E-state index in [9.17, 15) is 18.0 Å². The summed E-state index contributed by atoms with van der Waals surface area (Å²) in [5.41, 5.74) is -0.800. The van der Waals surface area contributed by atoms with Crippen molar-refractivity contribution in [1.29, 1.82) is 0 Å². The molecule has 0 saturated heterocycles. The van der Waals surface area contributed by atoms with Gasteiger partial charge in [0.1, 0.15) is 0 Å². The number of hydrogen-bond acceptors (Lipinski definition) is 1. The predicted octanol–water partition coefficient (Wildman–Crippen LogP) is 4.90. The van der Waals surface area contributed by atoms with Gasteiger partial charge in [-0.25, -0.2) is 0 Å². The fourth-order valence-electron chi connectivity index (χ4n) is 2.35. The largest absolute Gasteiger partial charge is 0.417 e. The lowest BCUT2D eigenvalue weighted by atomic mass is 9.95. The molecule has 1 aromatic carbocycles. The minimum absolute atomic E-state index is 0.0317. The van der Waals surface area contributed by atoms with Gasteiger partial charge in [0.2, 0.25) is 0 Å². The Hall–Kier alpha value is -0.560. The van der Waals surface area contributed by atoms with E-state index in [1.54, 1.807) is 0 Å². The molecule has 1 aliphatic carbocycles. The van der Waals surface area contributed by atoms with Crippen LogP contribution in [0.3, 0.4) is 0 Å². The van der Waals surface area contributed by atoms with E-state index in [0.717, 1.165) is 31.7 Å². The van der Waals surface area contributed by atoms with E-state index in [4.69, 9.17) is 0 Å². The number of rotatable bonds is 2. The molecule has 0 heterocycles. The lowest BCUT2D eigenvalue weighted by Gasteiger charge is -2.26. The summed E-state index contributed by atoms with van der Waals surface area (Å²) in [6.07, 6.45) is -0.893. The molecule has 1 fully saturated rings. The summed E-state index contributed by atoms with van der Waals surface area (Å²) in [5.74, 6) is -0.453. The number of carbonyl (C=O) groups is 1. The first kappa shape index (κ1) is 16.8. The second-order valence-electron chi connectivity index (χ2n) is 5.11. The molecule has 1 aromatic rings. The highest BCUT2D eigenvalue weighted by Crippen LogP contribution is 2.35. The molecule has 2 nitrogen and oxygen atoms in total. The quantitative estimate of drug-likeness (QED) is 0.666. The summed E-state index contributed by atoms with van der Waals surface area (Å²) in [6, 6.07) is 3.57. The smallest absolute Gasteiger partial charge is 0.349 e. The molecule has 1 N–H and O–H groups in total. The molecule has 1 amide bonds. The van der Waals surface area contributed by atoms with Gasteiger partial charge < -0.3 is 5.32 Å². The molecule has 0 radical (unpaired) electrons. The van der Waals surface area contributed by atoms with E-state index in [1.807, 2.05) is 0 Å². The molecule has 0 bridgehead atoms. The van der Waals surface area contributed by atoms with Crippen molar-refractivity contribution in [2.24, 2.45) is 0 Å². The zero-order chi connectivity index (χ0) is 15.6. The Bertz CT molecular complexity index is 525. The summed E-state index contributed by atoms with van der Waals surface area (Å²) in [5, 5.41) is 2.81. The maximum atomic E-state index is 12.8. The fourth-order valence-corrected chi connectivity index (χ4v) is 3.35. The van der Waals surface area contributed by atoms with Gasteiger partial charge in [0.25, 0.3) is 5.91 Å². The van der Waals surface area contributed by atoms with E-state index in [2.05, 4.69) is 37.2 Å². The third-order valence-electron chi connectivity index (χ3n) is 3.53. The maximum Gasteiger partial charge on any atom is 0.417 e. The van der Waals surface area contributed by atoms with Crippen LogP contribution in [-0.2, 0) is 6.18 Å². The Morgan fingerprint density at radius 1 is 1.19 bits per heavy atom. The van der Waals surface area contributed by atoms with Crippen molar-refractivity contribution in [3.05, 3.63) is 33.8 Å². The SMILES string of the molecule is O=C(NC1CCC(Br)CC1)c1ccc(Br)c(C(F)(F)F)c1. The van der Waals surface area contributed by atoms with Gasteiger partial charge in [-0.3, -0.25) is 4.79 Å². The van der Waals surface area contributed by atoms with Crippen LogP contribution in [-0.4, -0.2) is 16.8 Å². The van der Waals surface area contributed by atoms with Gasteiger partial charge in [-0.1, -0.05) is 31.9 Å². The highest BCUT2D eigenvalue weighted by atomic mass is 79.9. The van der Waals surface area contributed by atoms with Gasteiger partial charge in [0.15, 0.2) is 0 Å². The monoisotopic (exact) mass is 427 g/mol. The average Bonchev–Trinajstić information content (AvgIpc) is 2.40. The normalized spacial score (nSPS) is 22.9. The molecular formula is C14H14Br2F3NO. The molecular weight excluding hydrogens is 415 g/mol. The Balaban J connectivity index is 2.09.